The number of thiophene rings is 1. The normalized spacial score (nSPS) is 10.8. The molecule has 0 amide bonds. The van der Waals surface area contributed by atoms with Crippen LogP contribution in [0.25, 0.3) is 0 Å². The molecule has 0 saturated heterocycles. The van der Waals surface area contributed by atoms with Crippen LogP contribution in [0.15, 0.2) is 24.3 Å². The molecule has 0 unspecified atom stereocenters. The molecule has 2 heterocycles. The van der Waals surface area contributed by atoms with E-state index in [4.69, 9.17) is 4.74 Å². The second-order valence-corrected chi connectivity index (χ2v) is 6.34. The van der Waals surface area contributed by atoms with E-state index in [9.17, 15) is 0 Å². The minimum Gasteiger partial charge on any atom is -0.486 e. The van der Waals surface area contributed by atoms with Crippen molar-refractivity contribution >= 4 is 11.3 Å². The van der Waals surface area contributed by atoms with Crippen molar-refractivity contribution in [1.29, 1.82) is 0 Å². The van der Waals surface area contributed by atoms with Crippen molar-refractivity contribution in [2.75, 3.05) is 6.54 Å². The van der Waals surface area contributed by atoms with E-state index in [1.165, 1.54) is 16.2 Å². The molecule has 2 rings (SSSR count). The Morgan fingerprint density at radius 2 is 1.95 bits per heavy atom. The number of nitrogens with zero attached hydrogens (tertiary/aromatic N) is 1. The van der Waals surface area contributed by atoms with Gasteiger partial charge in [0.1, 0.15) is 12.4 Å². The fraction of sp³-hybridized carbons (Fsp3) is 0.471. The van der Waals surface area contributed by atoms with Crippen LogP contribution >= 0.6 is 11.3 Å². The van der Waals surface area contributed by atoms with Crippen LogP contribution in [-0.2, 0) is 19.6 Å². The molecule has 0 aliphatic heterocycles. The summed E-state index contributed by atoms with van der Waals surface area (Å²) in [5, 5.41) is 3.42. The van der Waals surface area contributed by atoms with Crippen molar-refractivity contribution in [1.82, 2.24) is 10.3 Å². The van der Waals surface area contributed by atoms with Crippen LogP contribution in [0, 0.1) is 6.92 Å². The largest absolute Gasteiger partial charge is 0.486 e. The van der Waals surface area contributed by atoms with Crippen LogP contribution in [0.2, 0.25) is 0 Å². The fourth-order valence-electron chi connectivity index (χ4n) is 2.11. The lowest BCUT2D eigenvalue weighted by Gasteiger charge is -2.09. The molecule has 0 aromatic carbocycles. The molecule has 21 heavy (non-hydrogen) atoms. The molecule has 1 N–H and O–H groups in total. The predicted molar refractivity (Wildman–Crippen MR) is 89.0 cm³/mol. The number of pyridine rings is 1. The minimum absolute atomic E-state index is 0.621. The number of aryl methyl sites for hydroxylation is 2. The van der Waals surface area contributed by atoms with Crippen LogP contribution < -0.4 is 10.1 Å². The Bertz CT molecular complexity index is 566. The molecular formula is C17H24N2OS. The summed E-state index contributed by atoms with van der Waals surface area (Å²) in [4.78, 5) is 7.14. The van der Waals surface area contributed by atoms with Crippen molar-refractivity contribution < 1.29 is 4.74 Å². The average Bonchev–Trinajstić information content (AvgIpc) is 2.94. The van der Waals surface area contributed by atoms with Gasteiger partial charge in [0.2, 0.25) is 0 Å². The van der Waals surface area contributed by atoms with Gasteiger partial charge in [0.05, 0.1) is 5.69 Å². The number of rotatable bonds is 8. The quantitative estimate of drug-likeness (QED) is 0.746. The lowest BCUT2D eigenvalue weighted by Crippen LogP contribution is -2.12. The van der Waals surface area contributed by atoms with E-state index in [-0.39, 0.29) is 0 Å². The highest BCUT2D eigenvalue weighted by Crippen LogP contribution is 2.22. The van der Waals surface area contributed by atoms with Gasteiger partial charge in [0.15, 0.2) is 0 Å². The average molecular weight is 304 g/mol. The summed E-state index contributed by atoms with van der Waals surface area (Å²) in [5.74, 6) is 0.905. The zero-order valence-electron chi connectivity index (χ0n) is 13.1. The maximum Gasteiger partial charge on any atom is 0.141 e. The highest BCUT2D eigenvalue weighted by Gasteiger charge is 2.06. The molecule has 4 heteroatoms. The summed E-state index contributed by atoms with van der Waals surface area (Å²) >= 11 is 1.81. The molecule has 2 aromatic rings. The molecular weight excluding hydrogens is 280 g/mol. The molecule has 0 atom stereocenters. The fourth-order valence-corrected chi connectivity index (χ4v) is 3.02. The first-order chi connectivity index (χ1) is 10.2. The van der Waals surface area contributed by atoms with Crippen LogP contribution in [0.3, 0.4) is 0 Å². The third-order valence-corrected chi connectivity index (χ3v) is 4.28. The molecule has 0 saturated carbocycles. The Morgan fingerprint density at radius 3 is 2.71 bits per heavy atom. The van der Waals surface area contributed by atoms with E-state index >= 15 is 0 Å². The van der Waals surface area contributed by atoms with Gasteiger partial charge in [0, 0.05) is 22.0 Å². The molecule has 2 aromatic heterocycles. The lowest BCUT2D eigenvalue weighted by molar-refractivity contribution is 0.305. The second-order valence-electron chi connectivity index (χ2n) is 5.08. The highest BCUT2D eigenvalue weighted by molar-refractivity contribution is 7.11. The monoisotopic (exact) mass is 304 g/mol. The van der Waals surface area contributed by atoms with Gasteiger partial charge in [-0.1, -0.05) is 13.8 Å². The van der Waals surface area contributed by atoms with Crippen molar-refractivity contribution in [3.05, 3.63) is 45.4 Å². The Labute approximate surface area is 131 Å². The van der Waals surface area contributed by atoms with Crippen molar-refractivity contribution in [2.45, 2.75) is 46.8 Å². The molecule has 0 aliphatic rings. The Kier molecular flexibility index (Phi) is 6.21. The number of hydrogen-bond donors (Lipinski definition) is 1. The standard InChI is InChI=1S/C17H24N2OS/c1-4-10-18-11-14-7-8-15(21-14)12-20-17-9-6-13(3)19-16(17)5-2/h6-9,18H,4-5,10-12H2,1-3H3. The zero-order valence-corrected chi connectivity index (χ0v) is 13.9. The van der Waals surface area contributed by atoms with Gasteiger partial charge in [-0.2, -0.15) is 0 Å². The minimum atomic E-state index is 0.621. The number of ether oxygens (including phenoxy) is 1. The Balaban J connectivity index is 1.91. The topological polar surface area (TPSA) is 34.1 Å². The highest BCUT2D eigenvalue weighted by atomic mass is 32.1. The summed E-state index contributed by atoms with van der Waals surface area (Å²) in [6, 6.07) is 8.36. The van der Waals surface area contributed by atoms with Gasteiger partial charge in [-0.15, -0.1) is 11.3 Å². The zero-order chi connectivity index (χ0) is 15.1. The van der Waals surface area contributed by atoms with Crippen LogP contribution in [0.5, 0.6) is 5.75 Å². The van der Waals surface area contributed by atoms with Crippen LogP contribution in [0.1, 0.15) is 41.4 Å². The maximum atomic E-state index is 5.94. The van der Waals surface area contributed by atoms with Crippen LogP contribution in [-0.4, -0.2) is 11.5 Å². The summed E-state index contributed by atoms with van der Waals surface area (Å²) in [6.45, 7) is 8.94. The Morgan fingerprint density at radius 1 is 1.14 bits per heavy atom. The third-order valence-electron chi connectivity index (χ3n) is 3.22. The summed E-state index contributed by atoms with van der Waals surface area (Å²) in [5.41, 5.74) is 2.08. The van der Waals surface area contributed by atoms with Gasteiger partial charge in [-0.25, -0.2) is 0 Å². The molecule has 0 aliphatic carbocycles. The summed E-state index contributed by atoms with van der Waals surface area (Å²) in [6.07, 6.45) is 2.06. The van der Waals surface area contributed by atoms with Crippen molar-refractivity contribution in [2.24, 2.45) is 0 Å². The van der Waals surface area contributed by atoms with Gasteiger partial charge in [-0.05, 0) is 50.6 Å². The first kappa shape index (κ1) is 16.0. The number of hydrogen-bond acceptors (Lipinski definition) is 4. The van der Waals surface area contributed by atoms with Gasteiger partial charge >= 0.3 is 0 Å². The van der Waals surface area contributed by atoms with Gasteiger partial charge in [-0.3, -0.25) is 4.98 Å². The summed E-state index contributed by atoms with van der Waals surface area (Å²) < 4.78 is 5.94. The van der Waals surface area contributed by atoms with Crippen LogP contribution in [0.4, 0.5) is 0 Å². The smallest absolute Gasteiger partial charge is 0.141 e. The van der Waals surface area contributed by atoms with Crippen molar-refractivity contribution in [3.8, 4) is 5.75 Å². The summed E-state index contributed by atoms with van der Waals surface area (Å²) in [7, 11) is 0. The van der Waals surface area contributed by atoms with E-state index in [0.717, 1.165) is 36.6 Å². The first-order valence-electron chi connectivity index (χ1n) is 7.60. The SMILES string of the molecule is CCCNCc1ccc(COc2ccc(C)nc2CC)s1. The molecule has 114 valence electrons. The van der Waals surface area contributed by atoms with E-state index in [0.29, 0.717) is 6.61 Å². The lowest BCUT2D eigenvalue weighted by atomic mass is 10.2. The Hall–Kier alpha value is -1.39. The maximum absolute atomic E-state index is 5.94. The van der Waals surface area contributed by atoms with Gasteiger partial charge < -0.3 is 10.1 Å². The molecule has 0 bridgehead atoms. The van der Waals surface area contributed by atoms with E-state index in [1.807, 2.05) is 30.4 Å². The molecule has 0 radical (unpaired) electrons. The van der Waals surface area contributed by atoms with Gasteiger partial charge in [0.25, 0.3) is 0 Å². The second kappa shape index (κ2) is 8.15. The molecule has 0 spiro atoms. The van der Waals surface area contributed by atoms with Crippen molar-refractivity contribution in [3.63, 3.8) is 0 Å². The molecule has 3 nitrogen and oxygen atoms in total. The third kappa shape index (κ3) is 4.83. The first-order valence-corrected chi connectivity index (χ1v) is 8.42. The number of aromatic nitrogens is 1. The number of nitrogens with one attached hydrogen (secondary N) is 1. The molecule has 0 fully saturated rings. The van der Waals surface area contributed by atoms with E-state index < -0.39 is 0 Å². The van der Waals surface area contributed by atoms with E-state index in [1.54, 1.807) is 0 Å². The predicted octanol–water partition coefficient (Wildman–Crippen LogP) is 4.09. The van der Waals surface area contributed by atoms with E-state index in [2.05, 4.69) is 36.3 Å².